The summed E-state index contributed by atoms with van der Waals surface area (Å²) in [5, 5.41) is 4.86. The second kappa shape index (κ2) is 6.30. The normalized spacial score (nSPS) is 11.1. The maximum atomic E-state index is 12.5. The van der Waals surface area contributed by atoms with Gasteiger partial charge >= 0.3 is 0 Å². The molecule has 2 aromatic carbocycles. The topological polar surface area (TPSA) is 72.2 Å². The average molecular weight is 371 g/mol. The number of thiazole rings is 1. The molecule has 1 N–H and O–H groups in total. The fourth-order valence-corrected chi connectivity index (χ4v) is 3.55. The molecule has 0 aliphatic rings. The lowest BCUT2D eigenvalue weighted by Crippen LogP contribution is -2.14. The van der Waals surface area contributed by atoms with Gasteiger partial charge in [-0.1, -0.05) is 24.3 Å². The van der Waals surface area contributed by atoms with Gasteiger partial charge in [-0.05, 0) is 24.3 Å². The molecule has 0 bridgehead atoms. The first-order valence-corrected chi connectivity index (χ1v) is 9.20. The van der Waals surface area contributed by atoms with Crippen molar-refractivity contribution in [1.29, 1.82) is 0 Å². The summed E-state index contributed by atoms with van der Waals surface area (Å²) in [5.41, 5.74) is 4.33. The van der Waals surface area contributed by atoms with Crippen LogP contribution in [0.2, 0.25) is 0 Å². The average Bonchev–Trinajstić information content (AvgIpc) is 3.30. The number of nitrogens with zero attached hydrogens (tertiary/aromatic N) is 4. The van der Waals surface area contributed by atoms with E-state index >= 15 is 0 Å². The zero-order valence-corrected chi connectivity index (χ0v) is 14.9. The molecule has 0 saturated carbocycles. The van der Waals surface area contributed by atoms with E-state index in [4.69, 9.17) is 0 Å². The third kappa shape index (κ3) is 2.94. The SMILES string of the molecule is O=C(Nc1ccc(-c2cn3ccsc3n2)cc1)c1cnc2ccccc2n1. The molecule has 0 saturated heterocycles. The number of fused-ring (bicyclic) bond motifs is 2. The Morgan fingerprint density at radius 2 is 1.81 bits per heavy atom. The summed E-state index contributed by atoms with van der Waals surface area (Å²) in [7, 11) is 0. The first-order chi connectivity index (χ1) is 13.3. The number of hydrogen-bond donors (Lipinski definition) is 1. The van der Waals surface area contributed by atoms with Crippen molar-refractivity contribution in [2.45, 2.75) is 0 Å². The molecular weight excluding hydrogens is 358 g/mol. The van der Waals surface area contributed by atoms with Gasteiger partial charge in [0.25, 0.3) is 5.91 Å². The number of hydrogen-bond acceptors (Lipinski definition) is 5. The van der Waals surface area contributed by atoms with Crippen molar-refractivity contribution in [2.75, 3.05) is 5.32 Å². The monoisotopic (exact) mass is 371 g/mol. The van der Waals surface area contributed by atoms with Crippen LogP contribution in [0.4, 0.5) is 5.69 Å². The van der Waals surface area contributed by atoms with Gasteiger partial charge in [0.2, 0.25) is 0 Å². The molecule has 0 fully saturated rings. The summed E-state index contributed by atoms with van der Waals surface area (Å²) in [6.45, 7) is 0. The minimum absolute atomic E-state index is 0.284. The molecule has 0 unspecified atom stereocenters. The van der Waals surface area contributed by atoms with Gasteiger partial charge in [-0.2, -0.15) is 0 Å². The van der Waals surface area contributed by atoms with Gasteiger partial charge in [-0.3, -0.25) is 14.2 Å². The lowest BCUT2D eigenvalue weighted by atomic mass is 10.1. The summed E-state index contributed by atoms with van der Waals surface area (Å²) in [6, 6.07) is 15.1. The van der Waals surface area contributed by atoms with Crippen LogP contribution in [0.1, 0.15) is 10.5 Å². The third-order valence-electron chi connectivity index (χ3n) is 4.21. The summed E-state index contributed by atoms with van der Waals surface area (Å²) in [4.78, 5) is 26.7. The van der Waals surface area contributed by atoms with E-state index < -0.39 is 0 Å². The Labute approximate surface area is 158 Å². The number of anilines is 1. The highest BCUT2D eigenvalue weighted by atomic mass is 32.1. The summed E-state index contributed by atoms with van der Waals surface area (Å²) in [5.74, 6) is -0.288. The minimum atomic E-state index is -0.288. The summed E-state index contributed by atoms with van der Waals surface area (Å²) in [6.07, 6.45) is 5.46. The smallest absolute Gasteiger partial charge is 0.275 e. The largest absolute Gasteiger partial charge is 0.321 e. The Balaban J connectivity index is 1.36. The number of aromatic nitrogens is 4. The number of amides is 1. The van der Waals surface area contributed by atoms with Crippen LogP contribution >= 0.6 is 11.3 Å². The molecule has 0 aliphatic heterocycles. The Hall–Kier alpha value is -3.58. The van der Waals surface area contributed by atoms with Crippen LogP contribution in [-0.4, -0.2) is 25.3 Å². The number of benzene rings is 2. The molecule has 5 aromatic rings. The van der Waals surface area contributed by atoms with Gasteiger partial charge in [0, 0.05) is 29.0 Å². The Morgan fingerprint density at radius 3 is 2.63 bits per heavy atom. The molecule has 0 spiro atoms. The van der Waals surface area contributed by atoms with E-state index in [0.29, 0.717) is 11.2 Å². The lowest BCUT2D eigenvalue weighted by Gasteiger charge is -2.06. The van der Waals surface area contributed by atoms with E-state index in [1.165, 1.54) is 6.20 Å². The van der Waals surface area contributed by atoms with Crippen LogP contribution in [0.15, 0.2) is 72.5 Å². The predicted octanol–water partition coefficient (Wildman–Crippen LogP) is 4.26. The van der Waals surface area contributed by atoms with Gasteiger partial charge in [-0.25, -0.2) is 9.97 Å². The van der Waals surface area contributed by atoms with Crippen molar-refractivity contribution >= 4 is 38.9 Å². The van der Waals surface area contributed by atoms with Gasteiger partial charge in [-0.15, -0.1) is 11.3 Å². The third-order valence-corrected chi connectivity index (χ3v) is 4.98. The van der Waals surface area contributed by atoms with Crippen LogP contribution in [0, 0.1) is 0 Å². The van der Waals surface area contributed by atoms with Gasteiger partial charge < -0.3 is 5.32 Å². The molecule has 7 heteroatoms. The number of nitrogens with one attached hydrogen (secondary N) is 1. The van der Waals surface area contributed by atoms with Crippen LogP contribution < -0.4 is 5.32 Å². The van der Waals surface area contributed by atoms with Crippen molar-refractivity contribution in [3.05, 3.63) is 78.2 Å². The summed E-state index contributed by atoms with van der Waals surface area (Å²) >= 11 is 1.59. The maximum Gasteiger partial charge on any atom is 0.275 e. The Morgan fingerprint density at radius 1 is 1.00 bits per heavy atom. The maximum absolute atomic E-state index is 12.5. The van der Waals surface area contributed by atoms with Gasteiger partial charge in [0.1, 0.15) is 5.69 Å². The zero-order chi connectivity index (χ0) is 18.2. The molecule has 0 aliphatic carbocycles. The minimum Gasteiger partial charge on any atom is -0.321 e. The highest BCUT2D eigenvalue weighted by molar-refractivity contribution is 7.15. The molecule has 1 amide bonds. The number of carbonyl (C=O) groups excluding carboxylic acids is 1. The first kappa shape index (κ1) is 15.7. The molecule has 5 rings (SSSR count). The number of para-hydroxylation sites is 2. The molecular formula is C20H13N5OS. The van der Waals surface area contributed by atoms with Crippen LogP contribution in [-0.2, 0) is 0 Å². The number of rotatable bonds is 3. The van der Waals surface area contributed by atoms with Crippen LogP contribution in [0.25, 0.3) is 27.3 Å². The number of imidazole rings is 1. The Bertz CT molecular complexity index is 1240. The van der Waals surface area contributed by atoms with Crippen molar-refractivity contribution in [1.82, 2.24) is 19.4 Å². The van der Waals surface area contributed by atoms with E-state index in [9.17, 15) is 4.79 Å². The quantitative estimate of drug-likeness (QED) is 0.514. The van der Waals surface area contributed by atoms with Crippen LogP contribution in [0.5, 0.6) is 0 Å². The van der Waals surface area contributed by atoms with Crippen LogP contribution in [0.3, 0.4) is 0 Å². The van der Waals surface area contributed by atoms with Gasteiger partial charge in [0.05, 0.1) is 22.9 Å². The van der Waals surface area contributed by atoms with E-state index in [1.54, 1.807) is 11.3 Å². The highest BCUT2D eigenvalue weighted by Gasteiger charge is 2.10. The predicted molar refractivity (Wildman–Crippen MR) is 106 cm³/mol. The molecule has 3 heterocycles. The van der Waals surface area contributed by atoms with Gasteiger partial charge in [0.15, 0.2) is 4.96 Å². The van der Waals surface area contributed by atoms with Crippen molar-refractivity contribution in [3.63, 3.8) is 0 Å². The fourth-order valence-electron chi connectivity index (χ4n) is 2.85. The zero-order valence-electron chi connectivity index (χ0n) is 14.0. The molecule has 27 heavy (non-hydrogen) atoms. The second-order valence-electron chi connectivity index (χ2n) is 5.99. The fraction of sp³-hybridized carbons (Fsp3) is 0. The number of carbonyl (C=O) groups is 1. The van der Waals surface area contributed by atoms with Crippen molar-refractivity contribution in [3.8, 4) is 11.3 Å². The molecule has 3 aromatic heterocycles. The van der Waals surface area contributed by atoms with Crippen molar-refractivity contribution < 1.29 is 4.79 Å². The standard InChI is InChI=1S/C20H13N5OS/c26-19(17-11-21-15-3-1-2-4-16(15)23-17)22-14-7-5-13(6-8-14)18-12-25-9-10-27-20(25)24-18/h1-12H,(H,22,26). The molecule has 0 radical (unpaired) electrons. The van der Waals surface area contributed by atoms with E-state index in [1.807, 2.05) is 70.7 Å². The van der Waals surface area contributed by atoms with E-state index in [2.05, 4.69) is 20.3 Å². The molecule has 6 nitrogen and oxygen atoms in total. The second-order valence-corrected chi connectivity index (χ2v) is 6.87. The lowest BCUT2D eigenvalue weighted by molar-refractivity contribution is 0.102. The molecule has 130 valence electrons. The highest BCUT2D eigenvalue weighted by Crippen LogP contribution is 2.23. The Kier molecular flexibility index (Phi) is 3.65. The van der Waals surface area contributed by atoms with Crippen molar-refractivity contribution in [2.24, 2.45) is 0 Å². The summed E-state index contributed by atoms with van der Waals surface area (Å²) < 4.78 is 1.99. The van der Waals surface area contributed by atoms with E-state index in [0.717, 1.165) is 21.7 Å². The molecule has 0 atom stereocenters. The van der Waals surface area contributed by atoms with E-state index in [-0.39, 0.29) is 11.6 Å². The first-order valence-electron chi connectivity index (χ1n) is 8.32.